The molecule has 1 amide bonds. The lowest BCUT2D eigenvalue weighted by atomic mass is 10.1. The van der Waals surface area contributed by atoms with Gasteiger partial charge in [-0.15, -0.1) is 0 Å². The van der Waals surface area contributed by atoms with Gasteiger partial charge in [0.25, 0.3) is 0 Å². The molecule has 0 bridgehead atoms. The summed E-state index contributed by atoms with van der Waals surface area (Å²) in [5.74, 6) is 1.24. The van der Waals surface area contributed by atoms with Gasteiger partial charge in [-0.2, -0.15) is 0 Å². The Hall–Kier alpha value is -1.26. The lowest BCUT2D eigenvalue weighted by Crippen LogP contribution is -2.25. The lowest BCUT2D eigenvalue weighted by Gasteiger charge is -2.13. The standard InChI is InChI=1S/C15H21ClN2O2/c1-17-9-15(19)18-12-6-7-14(13(16)8-12)20-10-11-4-2-3-5-11/h6-8,11,17H,2-5,9-10H2,1H3,(H,18,19). The molecule has 0 heterocycles. The van der Waals surface area contributed by atoms with Crippen molar-refractivity contribution in [2.45, 2.75) is 25.7 Å². The van der Waals surface area contributed by atoms with Crippen LogP contribution in [-0.4, -0.2) is 26.1 Å². The molecule has 0 atom stereocenters. The SMILES string of the molecule is CNCC(=O)Nc1ccc(OCC2CCCC2)c(Cl)c1. The molecule has 1 aliphatic rings. The Balaban J connectivity index is 1.89. The molecule has 1 fully saturated rings. The minimum Gasteiger partial charge on any atom is -0.492 e. The van der Waals surface area contributed by atoms with E-state index in [9.17, 15) is 4.79 Å². The Kier molecular flexibility index (Phi) is 5.68. The quantitative estimate of drug-likeness (QED) is 0.848. The van der Waals surface area contributed by atoms with Crippen LogP contribution in [0, 0.1) is 5.92 Å². The maximum atomic E-state index is 11.5. The van der Waals surface area contributed by atoms with Crippen LogP contribution in [0.15, 0.2) is 18.2 Å². The number of ether oxygens (including phenoxy) is 1. The second-order valence-corrected chi connectivity index (χ2v) is 5.59. The lowest BCUT2D eigenvalue weighted by molar-refractivity contribution is -0.115. The van der Waals surface area contributed by atoms with Gasteiger partial charge in [-0.3, -0.25) is 4.79 Å². The highest BCUT2D eigenvalue weighted by Crippen LogP contribution is 2.30. The second kappa shape index (κ2) is 7.50. The molecule has 1 aliphatic carbocycles. The number of nitrogens with one attached hydrogen (secondary N) is 2. The largest absolute Gasteiger partial charge is 0.492 e. The summed E-state index contributed by atoms with van der Waals surface area (Å²) in [5.41, 5.74) is 0.684. The highest BCUT2D eigenvalue weighted by Gasteiger charge is 2.16. The predicted octanol–water partition coefficient (Wildman–Crippen LogP) is 3.07. The van der Waals surface area contributed by atoms with Crippen molar-refractivity contribution < 1.29 is 9.53 Å². The number of halogens is 1. The van der Waals surface area contributed by atoms with Gasteiger partial charge in [-0.05, 0) is 44.0 Å². The highest BCUT2D eigenvalue weighted by atomic mass is 35.5. The van der Waals surface area contributed by atoms with Gasteiger partial charge in [0.05, 0.1) is 18.2 Å². The maximum absolute atomic E-state index is 11.5. The van der Waals surface area contributed by atoms with Gasteiger partial charge in [-0.1, -0.05) is 24.4 Å². The smallest absolute Gasteiger partial charge is 0.238 e. The summed E-state index contributed by atoms with van der Waals surface area (Å²) in [6.07, 6.45) is 5.10. The van der Waals surface area contributed by atoms with Gasteiger partial charge < -0.3 is 15.4 Å². The van der Waals surface area contributed by atoms with Crippen molar-refractivity contribution in [3.8, 4) is 5.75 Å². The first-order chi connectivity index (χ1) is 9.69. The molecule has 2 N–H and O–H groups in total. The molecule has 0 aliphatic heterocycles. The maximum Gasteiger partial charge on any atom is 0.238 e. The van der Waals surface area contributed by atoms with Crippen LogP contribution in [0.25, 0.3) is 0 Å². The van der Waals surface area contributed by atoms with E-state index in [0.29, 0.717) is 22.4 Å². The van der Waals surface area contributed by atoms with E-state index in [1.54, 1.807) is 13.1 Å². The van der Waals surface area contributed by atoms with Gasteiger partial charge in [0, 0.05) is 5.69 Å². The van der Waals surface area contributed by atoms with Crippen molar-refractivity contribution in [3.63, 3.8) is 0 Å². The molecule has 2 rings (SSSR count). The molecule has 0 unspecified atom stereocenters. The number of benzene rings is 1. The monoisotopic (exact) mass is 296 g/mol. The average Bonchev–Trinajstić information content (AvgIpc) is 2.91. The summed E-state index contributed by atoms with van der Waals surface area (Å²) in [6.45, 7) is 1.00. The first-order valence-electron chi connectivity index (χ1n) is 7.06. The third-order valence-electron chi connectivity index (χ3n) is 3.50. The van der Waals surface area contributed by atoms with Crippen molar-refractivity contribution >= 4 is 23.2 Å². The van der Waals surface area contributed by atoms with Gasteiger partial charge in [0.1, 0.15) is 5.75 Å². The fourth-order valence-corrected chi connectivity index (χ4v) is 2.68. The van der Waals surface area contributed by atoms with E-state index in [2.05, 4.69) is 10.6 Å². The number of likely N-dealkylation sites (N-methyl/N-ethyl adjacent to an activating group) is 1. The molecule has 5 heteroatoms. The molecule has 4 nitrogen and oxygen atoms in total. The Morgan fingerprint density at radius 3 is 2.80 bits per heavy atom. The Bertz CT molecular complexity index is 459. The Morgan fingerprint density at radius 1 is 1.40 bits per heavy atom. The summed E-state index contributed by atoms with van der Waals surface area (Å²) < 4.78 is 5.77. The van der Waals surface area contributed by atoms with Crippen molar-refractivity contribution in [3.05, 3.63) is 23.2 Å². The topological polar surface area (TPSA) is 50.4 Å². The molecular formula is C15H21ClN2O2. The van der Waals surface area contributed by atoms with Crippen molar-refractivity contribution in [1.29, 1.82) is 0 Å². The van der Waals surface area contributed by atoms with E-state index in [0.717, 1.165) is 6.61 Å². The number of anilines is 1. The van der Waals surface area contributed by atoms with E-state index < -0.39 is 0 Å². The summed E-state index contributed by atoms with van der Waals surface area (Å²) in [4.78, 5) is 11.5. The minimum atomic E-state index is -0.0943. The number of hydrogen-bond acceptors (Lipinski definition) is 3. The fraction of sp³-hybridized carbons (Fsp3) is 0.533. The number of rotatable bonds is 6. The highest BCUT2D eigenvalue weighted by molar-refractivity contribution is 6.32. The Labute approximate surface area is 124 Å². The number of carbonyl (C=O) groups is 1. The van der Waals surface area contributed by atoms with Gasteiger partial charge in [0.15, 0.2) is 0 Å². The van der Waals surface area contributed by atoms with Crippen LogP contribution in [0.2, 0.25) is 5.02 Å². The van der Waals surface area contributed by atoms with Crippen LogP contribution in [0.1, 0.15) is 25.7 Å². The zero-order valence-electron chi connectivity index (χ0n) is 11.7. The van der Waals surface area contributed by atoms with E-state index in [4.69, 9.17) is 16.3 Å². The van der Waals surface area contributed by atoms with E-state index >= 15 is 0 Å². The van der Waals surface area contributed by atoms with E-state index in [1.807, 2.05) is 12.1 Å². The van der Waals surface area contributed by atoms with Crippen LogP contribution in [0.3, 0.4) is 0 Å². The minimum absolute atomic E-state index is 0.0943. The van der Waals surface area contributed by atoms with Gasteiger partial charge in [-0.25, -0.2) is 0 Å². The number of hydrogen-bond donors (Lipinski definition) is 2. The zero-order valence-corrected chi connectivity index (χ0v) is 12.5. The summed E-state index contributed by atoms with van der Waals surface area (Å²) >= 11 is 6.18. The van der Waals surface area contributed by atoms with Crippen LogP contribution >= 0.6 is 11.6 Å². The molecule has 0 aromatic heterocycles. The summed E-state index contributed by atoms with van der Waals surface area (Å²) in [6, 6.07) is 5.34. The molecular weight excluding hydrogens is 276 g/mol. The number of amides is 1. The van der Waals surface area contributed by atoms with Crippen LogP contribution in [0.4, 0.5) is 5.69 Å². The van der Waals surface area contributed by atoms with Crippen molar-refractivity contribution in [2.75, 3.05) is 25.5 Å². The van der Waals surface area contributed by atoms with Crippen molar-refractivity contribution in [1.82, 2.24) is 5.32 Å². The second-order valence-electron chi connectivity index (χ2n) is 5.19. The average molecular weight is 297 g/mol. The molecule has 0 spiro atoms. The van der Waals surface area contributed by atoms with Crippen LogP contribution in [-0.2, 0) is 4.79 Å². The molecule has 0 saturated heterocycles. The normalized spacial score (nSPS) is 15.3. The van der Waals surface area contributed by atoms with E-state index in [1.165, 1.54) is 25.7 Å². The molecule has 1 aromatic carbocycles. The zero-order chi connectivity index (χ0) is 14.4. The third kappa shape index (κ3) is 4.39. The van der Waals surface area contributed by atoms with E-state index in [-0.39, 0.29) is 12.5 Å². The first kappa shape index (κ1) is 15.1. The van der Waals surface area contributed by atoms with Crippen LogP contribution in [0.5, 0.6) is 5.75 Å². The summed E-state index contributed by atoms with van der Waals surface area (Å²) in [7, 11) is 1.73. The third-order valence-corrected chi connectivity index (χ3v) is 3.80. The van der Waals surface area contributed by atoms with Crippen LogP contribution < -0.4 is 15.4 Å². The number of carbonyl (C=O) groups excluding carboxylic acids is 1. The first-order valence-corrected chi connectivity index (χ1v) is 7.43. The van der Waals surface area contributed by atoms with Crippen molar-refractivity contribution in [2.24, 2.45) is 5.92 Å². The molecule has 1 saturated carbocycles. The predicted molar refractivity (Wildman–Crippen MR) is 81.5 cm³/mol. The Morgan fingerprint density at radius 2 is 2.15 bits per heavy atom. The molecule has 110 valence electrons. The molecule has 1 aromatic rings. The molecule has 0 radical (unpaired) electrons. The van der Waals surface area contributed by atoms with Gasteiger partial charge in [0.2, 0.25) is 5.91 Å². The fourth-order valence-electron chi connectivity index (χ4n) is 2.45. The summed E-state index contributed by atoms with van der Waals surface area (Å²) in [5, 5.41) is 6.09. The molecule has 20 heavy (non-hydrogen) atoms. The van der Waals surface area contributed by atoms with Gasteiger partial charge >= 0.3 is 0 Å².